The minimum atomic E-state index is -4.63. The molecule has 4 N–H and O–H groups in total. The molecule has 0 aliphatic carbocycles. The first-order chi connectivity index (χ1) is 15.3. The van der Waals surface area contributed by atoms with Crippen molar-refractivity contribution in [1.29, 1.82) is 0 Å². The first kappa shape index (κ1) is 23.6. The fourth-order valence-corrected chi connectivity index (χ4v) is 5.17. The van der Waals surface area contributed by atoms with E-state index in [1.54, 1.807) is 37.7 Å². The normalized spacial score (nSPS) is 18.9. The van der Waals surface area contributed by atoms with Gasteiger partial charge in [-0.1, -0.05) is 12.1 Å². The number of halogens is 3. The average Bonchev–Trinajstić information content (AvgIpc) is 3.11. The monoisotopic (exact) mass is 480 g/mol. The van der Waals surface area contributed by atoms with Gasteiger partial charge in [0.25, 0.3) is 0 Å². The summed E-state index contributed by atoms with van der Waals surface area (Å²) in [5, 5.41) is 10.7. The average molecular weight is 480 g/mol. The number of rotatable bonds is 5. The highest BCUT2D eigenvalue weighted by Gasteiger charge is 2.36. The number of benzene rings is 1. The molecule has 1 fully saturated rings. The molecule has 1 aliphatic heterocycles. The molecule has 2 aromatic heterocycles. The number of hydrogen-bond acceptors (Lipinski definition) is 6. The van der Waals surface area contributed by atoms with E-state index in [-0.39, 0.29) is 23.3 Å². The fraction of sp³-hybridized carbons (Fsp3) is 0.455. The van der Waals surface area contributed by atoms with Crippen LogP contribution in [0.25, 0.3) is 10.9 Å². The molecular weight excluding hydrogens is 452 g/mol. The van der Waals surface area contributed by atoms with Gasteiger partial charge >= 0.3 is 6.18 Å². The summed E-state index contributed by atoms with van der Waals surface area (Å²) in [6.45, 7) is 8.20. The molecule has 0 amide bonds. The summed E-state index contributed by atoms with van der Waals surface area (Å²) in [6.07, 6.45) is -0.493. The maximum atomic E-state index is 13.7. The number of piperidine rings is 1. The maximum absolute atomic E-state index is 13.7. The van der Waals surface area contributed by atoms with Crippen LogP contribution in [0.3, 0.4) is 0 Å². The van der Waals surface area contributed by atoms with Gasteiger partial charge in [0, 0.05) is 41.2 Å². The van der Waals surface area contributed by atoms with Crippen molar-refractivity contribution in [2.75, 3.05) is 30.5 Å². The molecule has 0 spiro atoms. The van der Waals surface area contributed by atoms with E-state index >= 15 is 0 Å². The van der Waals surface area contributed by atoms with Gasteiger partial charge in [-0.25, -0.2) is 4.98 Å². The van der Waals surface area contributed by atoms with Gasteiger partial charge in [0.1, 0.15) is 18.5 Å². The van der Waals surface area contributed by atoms with E-state index in [2.05, 4.69) is 44.7 Å². The Bertz CT molecular complexity index is 1210. The van der Waals surface area contributed by atoms with Crippen molar-refractivity contribution in [3.63, 3.8) is 0 Å². The van der Waals surface area contributed by atoms with Crippen molar-refractivity contribution >= 4 is 40.8 Å². The van der Waals surface area contributed by atoms with Crippen LogP contribution in [0.5, 0.6) is 0 Å². The summed E-state index contributed by atoms with van der Waals surface area (Å²) >= 11 is 0. The van der Waals surface area contributed by atoms with Crippen LogP contribution in [0.1, 0.15) is 32.3 Å². The summed E-state index contributed by atoms with van der Waals surface area (Å²) in [6, 6.07) is 5.28. The third kappa shape index (κ3) is 5.17. The summed E-state index contributed by atoms with van der Waals surface area (Å²) < 4.78 is 53.7. The molecule has 1 aromatic carbocycles. The molecule has 4 rings (SSSR count). The Morgan fingerprint density at radius 3 is 2.64 bits per heavy atom. The van der Waals surface area contributed by atoms with Gasteiger partial charge < -0.3 is 25.5 Å². The zero-order valence-corrected chi connectivity index (χ0v) is 19.9. The van der Waals surface area contributed by atoms with Crippen LogP contribution in [0.2, 0.25) is 0 Å². The fourth-order valence-electron chi connectivity index (χ4n) is 4.00. The van der Waals surface area contributed by atoms with E-state index in [0.29, 0.717) is 28.4 Å². The summed E-state index contributed by atoms with van der Waals surface area (Å²) in [5.41, 5.74) is 0.112. The molecule has 1 aliphatic rings. The van der Waals surface area contributed by atoms with Crippen molar-refractivity contribution in [2.24, 2.45) is 0 Å². The van der Waals surface area contributed by atoms with E-state index < -0.39 is 18.9 Å². The SMILES string of the molecule is CC1(C)CC[C@H](Nc2ncc(C(F)(F)F)c(Nc3c[nH]c4c(P(C)(C)=O)cccc34)n2)CN1. The number of nitrogens with one attached hydrogen (secondary N) is 4. The van der Waals surface area contributed by atoms with Crippen LogP contribution < -0.4 is 21.3 Å². The molecule has 1 saturated heterocycles. The molecule has 0 saturated carbocycles. The second-order valence-electron chi connectivity index (χ2n) is 9.48. The third-order valence-corrected chi connectivity index (χ3v) is 7.43. The highest BCUT2D eigenvalue weighted by atomic mass is 31.2. The molecular formula is C22H28F3N6OP. The number of alkyl halides is 3. The molecule has 0 radical (unpaired) electrons. The van der Waals surface area contributed by atoms with Crippen molar-refractivity contribution < 1.29 is 17.7 Å². The van der Waals surface area contributed by atoms with Gasteiger partial charge in [0.15, 0.2) is 0 Å². The zero-order chi connectivity index (χ0) is 24.0. The van der Waals surface area contributed by atoms with E-state index in [1.807, 2.05) is 0 Å². The standard InChI is InChI=1S/C22H28F3N6OP/c1-21(2)9-8-13(10-28-21)29-20-27-11-15(22(23,24)25)19(31-20)30-16-12-26-18-14(16)6-5-7-17(18)33(3,4)32/h5-7,11-13,26,28H,8-10H2,1-4H3,(H2,27,29,30,31)/t13-/m0/s1. The minimum Gasteiger partial charge on any atom is -0.359 e. The molecule has 11 heteroatoms. The lowest BCUT2D eigenvalue weighted by molar-refractivity contribution is -0.137. The van der Waals surface area contributed by atoms with Gasteiger partial charge in [-0.3, -0.25) is 0 Å². The second kappa shape index (κ2) is 8.33. The molecule has 7 nitrogen and oxygen atoms in total. The Morgan fingerprint density at radius 2 is 2.00 bits per heavy atom. The lowest BCUT2D eigenvalue weighted by atomic mass is 9.91. The van der Waals surface area contributed by atoms with Crippen LogP contribution in [0, 0.1) is 0 Å². The molecule has 3 aromatic rings. The van der Waals surface area contributed by atoms with Gasteiger partial charge in [-0.2, -0.15) is 18.2 Å². The smallest absolute Gasteiger partial charge is 0.359 e. The number of aromatic amines is 1. The summed E-state index contributed by atoms with van der Waals surface area (Å²) in [5.74, 6) is -0.212. The lowest BCUT2D eigenvalue weighted by Gasteiger charge is -2.36. The molecule has 0 unspecified atom stereocenters. The number of hydrogen-bond donors (Lipinski definition) is 4. The summed E-state index contributed by atoms with van der Waals surface area (Å²) in [7, 11) is -2.59. The number of para-hydroxylation sites is 1. The van der Waals surface area contributed by atoms with Gasteiger partial charge in [0.2, 0.25) is 5.95 Å². The number of fused-ring (bicyclic) bond motifs is 1. The van der Waals surface area contributed by atoms with Gasteiger partial charge in [0.05, 0.1) is 11.2 Å². The predicted octanol–water partition coefficient (Wildman–Crippen LogP) is 4.91. The Labute approximate surface area is 190 Å². The maximum Gasteiger partial charge on any atom is 0.421 e. The van der Waals surface area contributed by atoms with Gasteiger partial charge in [-0.15, -0.1) is 0 Å². The first-order valence-corrected chi connectivity index (χ1v) is 13.3. The molecule has 178 valence electrons. The largest absolute Gasteiger partial charge is 0.421 e. The van der Waals surface area contributed by atoms with Crippen molar-refractivity contribution in [3.05, 3.63) is 36.2 Å². The van der Waals surface area contributed by atoms with Gasteiger partial charge in [-0.05, 0) is 46.1 Å². The molecule has 0 bridgehead atoms. The predicted molar refractivity (Wildman–Crippen MR) is 126 cm³/mol. The van der Waals surface area contributed by atoms with Crippen LogP contribution in [0.4, 0.5) is 30.6 Å². The minimum absolute atomic E-state index is 0.0153. The Hall–Kier alpha value is -2.58. The number of nitrogens with zero attached hydrogens (tertiary/aromatic N) is 2. The van der Waals surface area contributed by atoms with Crippen LogP contribution in [-0.4, -0.2) is 46.4 Å². The third-order valence-electron chi connectivity index (χ3n) is 5.90. The van der Waals surface area contributed by atoms with E-state index in [1.165, 1.54) is 0 Å². The topological polar surface area (TPSA) is 94.7 Å². The zero-order valence-electron chi connectivity index (χ0n) is 19.0. The van der Waals surface area contributed by atoms with E-state index in [0.717, 1.165) is 19.0 Å². The quantitative estimate of drug-likeness (QED) is 0.388. The Balaban J connectivity index is 1.66. The van der Waals surface area contributed by atoms with Crippen molar-refractivity contribution in [3.8, 4) is 0 Å². The second-order valence-corrected chi connectivity index (χ2v) is 12.7. The number of H-pyrrole nitrogens is 1. The molecule has 1 atom stereocenters. The molecule has 33 heavy (non-hydrogen) atoms. The van der Waals surface area contributed by atoms with Crippen LogP contribution in [-0.2, 0) is 10.7 Å². The van der Waals surface area contributed by atoms with E-state index in [4.69, 9.17) is 0 Å². The summed E-state index contributed by atoms with van der Waals surface area (Å²) in [4.78, 5) is 11.1. The van der Waals surface area contributed by atoms with Crippen LogP contribution >= 0.6 is 7.14 Å². The highest BCUT2D eigenvalue weighted by molar-refractivity contribution is 7.70. The highest BCUT2D eigenvalue weighted by Crippen LogP contribution is 2.40. The Morgan fingerprint density at radius 1 is 1.24 bits per heavy atom. The van der Waals surface area contributed by atoms with Crippen molar-refractivity contribution in [2.45, 2.75) is 44.4 Å². The number of anilines is 3. The van der Waals surface area contributed by atoms with Crippen molar-refractivity contribution in [1.82, 2.24) is 20.3 Å². The lowest BCUT2D eigenvalue weighted by Crippen LogP contribution is -2.50. The Kier molecular flexibility index (Phi) is 5.95. The van der Waals surface area contributed by atoms with Crippen LogP contribution in [0.15, 0.2) is 30.6 Å². The molecule has 3 heterocycles. The number of aromatic nitrogens is 3. The van der Waals surface area contributed by atoms with E-state index in [9.17, 15) is 17.7 Å². The first-order valence-electron chi connectivity index (χ1n) is 10.7.